The van der Waals surface area contributed by atoms with Crippen molar-refractivity contribution in [2.75, 3.05) is 6.61 Å². The first-order chi connectivity index (χ1) is 7.63. The van der Waals surface area contributed by atoms with E-state index in [1.54, 1.807) is 11.3 Å². The van der Waals surface area contributed by atoms with Gasteiger partial charge in [-0.3, -0.25) is 4.79 Å². The second-order valence-electron chi connectivity index (χ2n) is 3.91. The van der Waals surface area contributed by atoms with Gasteiger partial charge in [0.05, 0.1) is 6.54 Å². The Morgan fingerprint density at radius 2 is 2.19 bits per heavy atom. The lowest BCUT2D eigenvalue weighted by Gasteiger charge is -2.02. The number of thiophene rings is 1. The van der Waals surface area contributed by atoms with Crippen LogP contribution in [0.4, 0.5) is 0 Å². The smallest absolute Gasteiger partial charge is 0.220 e. The fraction of sp³-hybridized carbons (Fsp3) is 0.583. The van der Waals surface area contributed by atoms with Crippen molar-refractivity contribution in [1.29, 1.82) is 0 Å². The predicted molar refractivity (Wildman–Crippen MR) is 66.6 cm³/mol. The Balaban J connectivity index is 2.26. The third kappa shape index (κ3) is 4.33. The van der Waals surface area contributed by atoms with E-state index in [2.05, 4.69) is 25.2 Å². The van der Waals surface area contributed by atoms with E-state index in [4.69, 9.17) is 5.11 Å². The molecule has 90 valence electrons. The van der Waals surface area contributed by atoms with Crippen molar-refractivity contribution in [3.05, 3.63) is 21.4 Å². The average Bonchev–Trinajstić information content (AvgIpc) is 2.56. The lowest BCUT2D eigenvalue weighted by atomic mass is 10.2. The van der Waals surface area contributed by atoms with Gasteiger partial charge in [-0.05, 0) is 38.3 Å². The number of carbonyl (C=O) groups excluding carboxylic acids is 1. The van der Waals surface area contributed by atoms with E-state index < -0.39 is 0 Å². The zero-order chi connectivity index (χ0) is 12.0. The van der Waals surface area contributed by atoms with Gasteiger partial charge in [-0.25, -0.2) is 0 Å². The summed E-state index contributed by atoms with van der Waals surface area (Å²) in [4.78, 5) is 13.9. The van der Waals surface area contributed by atoms with E-state index in [0.717, 1.165) is 6.42 Å². The number of aliphatic hydroxyl groups is 1. The molecule has 0 aliphatic carbocycles. The molecule has 0 unspecified atom stereocenters. The van der Waals surface area contributed by atoms with Gasteiger partial charge in [-0.15, -0.1) is 11.3 Å². The van der Waals surface area contributed by atoms with Gasteiger partial charge in [0.25, 0.3) is 0 Å². The Kier molecular flexibility index (Phi) is 5.49. The van der Waals surface area contributed by atoms with Gasteiger partial charge in [0, 0.05) is 22.8 Å². The lowest BCUT2D eigenvalue weighted by molar-refractivity contribution is -0.121. The molecule has 16 heavy (non-hydrogen) atoms. The molecule has 2 N–H and O–H groups in total. The van der Waals surface area contributed by atoms with E-state index in [-0.39, 0.29) is 12.5 Å². The minimum Gasteiger partial charge on any atom is -0.396 e. The van der Waals surface area contributed by atoms with Crippen LogP contribution in [0.5, 0.6) is 0 Å². The zero-order valence-corrected chi connectivity index (χ0v) is 10.7. The third-order valence-electron chi connectivity index (χ3n) is 2.49. The van der Waals surface area contributed by atoms with E-state index in [1.807, 2.05) is 0 Å². The number of rotatable bonds is 6. The van der Waals surface area contributed by atoms with Crippen LogP contribution in [0.1, 0.15) is 34.6 Å². The van der Waals surface area contributed by atoms with Crippen LogP contribution in [0.15, 0.2) is 6.07 Å². The minimum absolute atomic E-state index is 0.0668. The van der Waals surface area contributed by atoms with Crippen molar-refractivity contribution in [1.82, 2.24) is 5.32 Å². The number of carbonyl (C=O) groups is 1. The summed E-state index contributed by atoms with van der Waals surface area (Å²) in [7, 11) is 0. The highest BCUT2D eigenvalue weighted by atomic mass is 32.1. The van der Waals surface area contributed by atoms with Crippen molar-refractivity contribution in [3.8, 4) is 0 Å². The molecular formula is C12H19NO2S. The first-order valence-electron chi connectivity index (χ1n) is 5.57. The summed E-state index contributed by atoms with van der Waals surface area (Å²) in [6, 6.07) is 2.12. The van der Waals surface area contributed by atoms with E-state index in [1.165, 1.54) is 15.3 Å². The van der Waals surface area contributed by atoms with Crippen LogP contribution < -0.4 is 5.32 Å². The number of nitrogens with one attached hydrogen (secondary N) is 1. The highest BCUT2D eigenvalue weighted by molar-refractivity contribution is 7.12. The van der Waals surface area contributed by atoms with Gasteiger partial charge >= 0.3 is 0 Å². The van der Waals surface area contributed by atoms with E-state index in [9.17, 15) is 4.79 Å². The highest BCUT2D eigenvalue weighted by Gasteiger charge is 2.04. The maximum Gasteiger partial charge on any atom is 0.220 e. The summed E-state index contributed by atoms with van der Waals surface area (Å²) in [5, 5.41) is 11.5. The lowest BCUT2D eigenvalue weighted by Crippen LogP contribution is -2.21. The predicted octanol–water partition coefficient (Wildman–Crippen LogP) is 2.14. The molecule has 3 nitrogen and oxygen atoms in total. The molecule has 0 radical (unpaired) electrons. The maximum absolute atomic E-state index is 11.4. The van der Waals surface area contributed by atoms with Crippen LogP contribution in [-0.4, -0.2) is 17.6 Å². The second-order valence-corrected chi connectivity index (χ2v) is 5.25. The Labute approximate surface area is 100 Å². The first kappa shape index (κ1) is 13.2. The molecule has 0 aromatic carbocycles. The topological polar surface area (TPSA) is 49.3 Å². The van der Waals surface area contributed by atoms with Gasteiger partial charge in [-0.2, -0.15) is 0 Å². The number of aryl methyl sites for hydroxylation is 2. The summed E-state index contributed by atoms with van der Waals surface area (Å²) in [6.45, 7) is 4.96. The summed E-state index contributed by atoms with van der Waals surface area (Å²) >= 11 is 1.73. The fourth-order valence-corrected chi connectivity index (χ4v) is 2.40. The standard InChI is InChI=1S/C12H19NO2S/c1-9-7-11(16-10(9)2)8-13-12(15)5-3-4-6-14/h7,14H,3-6,8H2,1-2H3,(H,13,15). The number of unbranched alkanes of at least 4 members (excludes halogenated alkanes) is 1. The summed E-state index contributed by atoms with van der Waals surface area (Å²) < 4.78 is 0. The maximum atomic E-state index is 11.4. The monoisotopic (exact) mass is 241 g/mol. The molecule has 1 heterocycles. The summed E-state index contributed by atoms with van der Waals surface area (Å²) in [5.74, 6) is 0.0668. The van der Waals surface area contributed by atoms with Crippen molar-refractivity contribution in [2.24, 2.45) is 0 Å². The van der Waals surface area contributed by atoms with Gasteiger partial charge in [0.2, 0.25) is 5.91 Å². The van der Waals surface area contributed by atoms with Gasteiger partial charge in [0.15, 0.2) is 0 Å². The molecule has 0 atom stereocenters. The van der Waals surface area contributed by atoms with Crippen LogP contribution >= 0.6 is 11.3 Å². The van der Waals surface area contributed by atoms with E-state index in [0.29, 0.717) is 19.4 Å². The summed E-state index contributed by atoms with van der Waals surface area (Å²) in [6.07, 6.45) is 1.96. The second kappa shape index (κ2) is 6.66. The van der Waals surface area contributed by atoms with Crippen LogP contribution in [-0.2, 0) is 11.3 Å². The molecule has 0 saturated heterocycles. The molecule has 0 bridgehead atoms. The number of amides is 1. The number of hydrogen-bond donors (Lipinski definition) is 2. The van der Waals surface area contributed by atoms with Gasteiger partial charge in [-0.1, -0.05) is 0 Å². The number of hydrogen-bond acceptors (Lipinski definition) is 3. The van der Waals surface area contributed by atoms with Crippen molar-refractivity contribution in [3.63, 3.8) is 0 Å². The van der Waals surface area contributed by atoms with Crippen molar-refractivity contribution in [2.45, 2.75) is 39.7 Å². The van der Waals surface area contributed by atoms with Crippen LogP contribution in [0.2, 0.25) is 0 Å². The fourth-order valence-electron chi connectivity index (χ4n) is 1.41. The zero-order valence-electron chi connectivity index (χ0n) is 9.88. The normalized spacial score (nSPS) is 10.4. The molecular weight excluding hydrogens is 222 g/mol. The SMILES string of the molecule is Cc1cc(CNC(=O)CCCCO)sc1C. The molecule has 1 rings (SSSR count). The molecule has 0 spiro atoms. The molecule has 0 aliphatic heterocycles. The quantitative estimate of drug-likeness (QED) is 0.750. The molecule has 0 fully saturated rings. The highest BCUT2D eigenvalue weighted by Crippen LogP contribution is 2.20. The summed E-state index contributed by atoms with van der Waals surface area (Å²) in [5.41, 5.74) is 1.29. The van der Waals surface area contributed by atoms with Crippen LogP contribution in [0.25, 0.3) is 0 Å². The van der Waals surface area contributed by atoms with E-state index >= 15 is 0 Å². The Bertz CT molecular complexity index is 327. The average molecular weight is 241 g/mol. The van der Waals surface area contributed by atoms with Gasteiger partial charge < -0.3 is 10.4 Å². The number of aliphatic hydroxyl groups excluding tert-OH is 1. The molecule has 1 amide bonds. The van der Waals surface area contributed by atoms with Gasteiger partial charge in [0.1, 0.15) is 0 Å². The Hall–Kier alpha value is -0.870. The van der Waals surface area contributed by atoms with Crippen molar-refractivity contribution >= 4 is 17.2 Å². The Morgan fingerprint density at radius 3 is 2.75 bits per heavy atom. The van der Waals surface area contributed by atoms with Crippen LogP contribution in [0.3, 0.4) is 0 Å². The molecule has 4 heteroatoms. The third-order valence-corrected chi connectivity index (χ3v) is 3.64. The minimum atomic E-state index is 0.0668. The first-order valence-corrected chi connectivity index (χ1v) is 6.38. The Morgan fingerprint density at radius 1 is 1.44 bits per heavy atom. The molecule has 0 saturated carbocycles. The molecule has 1 aromatic heterocycles. The molecule has 1 aromatic rings. The molecule has 0 aliphatic rings. The van der Waals surface area contributed by atoms with Crippen LogP contribution in [0, 0.1) is 13.8 Å². The van der Waals surface area contributed by atoms with Crippen molar-refractivity contribution < 1.29 is 9.90 Å². The largest absolute Gasteiger partial charge is 0.396 e.